The lowest BCUT2D eigenvalue weighted by Gasteiger charge is -2.31. The van der Waals surface area contributed by atoms with E-state index >= 15 is 0 Å². The molecule has 3 aromatic rings. The monoisotopic (exact) mass is 428 g/mol. The van der Waals surface area contributed by atoms with Gasteiger partial charge in [-0.3, -0.25) is 9.36 Å². The van der Waals surface area contributed by atoms with Crippen molar-refractivity contribution in [3.63, 3.8) is 0 Å². The van der Waals surface area contributed by atoms with E-state index in [4.69, 9.17) is 4.52 Å². The minimum atomic E-state index is -0.304. The first-order chi connectivity index (χ1) is 14.6. The standard InChI is InChI=1S/C22H25FN4O2S/c1-14-17(21(28)27-8-2-12-30-22(27)24-14)7-11-26-9-5-15(6-10-26)20-18-4-3-16(23)13-19(18)29-25-20/h3-4,13,15H,2,5-12H2,1H3. The molecule has 2 aliphatic heterocycles. The molecule has 0 amide bonds. The molecule has 8 heteroatoms. The van der Waals surface area contributed by atoms with Gasteiger partial charge in [-0.15, -0.1) is 0 Å². The highest BCUT2D eigenvalue weighted by Gasteiger charge is 2.26. The quantitative estimate of drug-likeness (QED) is 0.590. The molecule has 6 nitrogen and oxygen atoms in total. The second kappa shape index (κ2) is 8.15. The van der Waals surface area contributed by atoms with Gasteiger partial charge in [0.05, 0.1) is 5.69 Å². The molecule has 1 aromatic carbocycles. The molecule has 0 unspecified atom stereocenters. The van der Waals surface area contributed by atoms with E-state index in [-0.39, 0.29) is 11.4 Å². The lowest BCUT2D eigenvalue weighted by atomic mass is 9.91. The minimum absolute atomic E-state index is 0.140. The van der Waals surface area contributed by atoms with Gasteiger partial charge in [0.1, 0.15) is 5.82 Å². The maximum Gasteiger partial charge on any atom is 0.257 e. The van der Waals surface area contributed by atoms with Crippen LogP contribution in [-0.2, 0) is 13.0 Å². The Morgan fingerprint density at radius 2 is 2.10 bits per heavy atom. The Labute approximate surface area is 178 Å². The van der Waals surface area contributed by atoms with E-state index in [9.17, 15) is 9.18 Å². The van der Waals surface area contributed by atoms with E-state index in [0.717, 1.165) is 85.1 Å². The maximum atomic E-state index is 13.4. The SMILES string of the molecule is Cc1nc2n(c(=O)c1CCN1CCC(c3noc4cc(F)ccc34)CC1)CCCS2. The number of thioether (sulfide) groups is 1. The van der Waals surface area contributed by atoms with Crippen molar-refractivity contribution in [2.75, 3.05) is 25.4 Å². The van der Waals surface area contributed by atoms with Gasteiger partial charge in [-0.1, -0.05) is 16.9 Å². The molecule has 2 aliphatic rings. The van der Waals surface area contributed by atoms with Crippen LogP contribution in [0.15, 0.2) is 32.7 Å². The van der Waals surface area contributed by atoms with E-state index in [2.05, 4.69) is 15.0 Å². The van der Waals surface area contributed by atoms with E-state index < -0.39 is 0 Å². The minimum Gasteiger partial charge on any atom is -0.356 e. The molecule has 4 heterocycles. The summed E-state index contributed by atoms with van der Waals surface area (Å²) in [4.78, 5) is 20.0. The Hall–Kier alpha value is -2.19. The molecule has 30 heavy (non-hydrogen) atoms. The van der Waals surface area contributed by atoms with Crippen LogP contribution in [0.2, 0.25) is 0 Å². The van der Waals surface area contributed by atoms with Gasteiger partial charge >= 0.3 is 0 Å². The number of fused-ring (bicyclic) bond motifs is 2. The van der Waals surface area contributed by atoms with Crippen molar-refractivity contribution in [2.24, 2.45) is 0 Å². The number of piperidine rings is 1. The first-order valence-electron chi connectivity index (χ1n) is 10.6. The van der Waals surface area contributed by atoms with Gasteiger partial charge in [0.25, 0.3) is 5.56 Å². The predicted octanol–water partition coefficient (Wildman–Crippen LogP) is 3.75. The van der Waals surface area contributed by atoms with Crippen LogP contribution in [0.25, 0.3) is 11.0 Å². The number of halogens is 1. The molecule has 158 valence electrons. The van der Waals surface area contributed by atoms with Crippen LogP contribution in [-0.4, -0.2) is 45.0 Å². The Bertz CT molecular complexity index is 1130. The number of likely N-dealkylation sites (tertiary alicyclic amines) is 1. The fourth-order valence-corrected chi connectivity index (χ4v) is 5.57. The first-order valence-corrected chi connectivity index (χ1v) is 11.6. The summed E-state index contributed by atoms with van der Waals surface area (Å²) >= 11 is 1.68. The maximum absolute atomic E-state index is 13.4. The summed E-state index contributed by atoms with van der Waals surface area (Å²) in [7, 11) is 0. The van der Waals surface area contributed by atoms with Crippen molar-refractivity contribution in [1.29, 1.82) is 0 Å². The van der Waals surface area contributed by atoms with E-state index in [1.807, 2.05) is 11.5 Å². The molecular weight excluding hydrogens is 403 g/mol. The summed E-state index contributed by atoms with van der Waals surface area (Å²) in [5.74, 6) is 1.06. The van der Waals surface area contributed by atoms with Gasteiger partial charge in [-0.2, -0.15) is 0 Å². The van der Waals surface area contributed by atoms with Crippen molar-refractivity contribution >= 4 is 22.7 Å². The van der Waals surface area contributed by atoms with Crippen LogP contribution in [0.5, 0.6) is 0 Å². The smallest absolute Gasteiger partial charge is 0.257 e. The summed E-state index contributed by atoms with van der Waals surface area (Å²) in [6.45, 7) is 5.51. The molecule has 5 rings (SSSR count). The Morgan fingerprint density at radius 1 is 1.27 bits per heavy atom. The van der Waals surface area contributed by atoms with E-state index in [0.29, 0.717) is 11.5 Å². The van der Waals surface area contributed by atoms with Crippen LogP contribution >= 0.6 is 11.8 Å². The summed E-state index contributed by atoms with van der Waals surface area (Å²) in [5.41, 5.74) is 3.32. The fraction of sp³-hybridized carbons (Fsp3) is 0.500. The molecule has 2 aromatic heterocycles. The van der Waals surface area contributed by atoms with Crippen molar-refractivity contribution in [1.82, 2.24) is 19.6 Å². The zero-order valence-corrected chi connectivity index (χ0v) is 17.9. The zero-order valence-electron chi connectivity index (χ0n) is 17.1. The highest BCUT2D eigenvalue weighted by molar-refractivity contribution is 7.99. The number of benzene rings is 1. The Balaban J connectivity index is 1.23. The van der Waals surface area contributed by atoms with Gasteiger partial charge in [-0.05, 0) is 57.8 Å². The van der Waals surface area contributed by atoms with E-state index in [1.54, 1.807) is 17.8 Å². The van der Waals surface area contributed by atoms with Gasteiger partial charge in [0.15, 0.2) is 10.7 Å². The molecule has 1 fully saturated rings. The first kappa shape index (κ1) is 19.8. The topological polar surface area (TPSA) is 64.2 Å². The van der Waals surface area contributed by atoms with Gasteiger partial charge in [-0.25, -0.2) is 9.37 Å². The number of aryl methyl sites for hydroxylation is 1. The second-order valence-corrected chi connectivity index (χ2v) is 9.25. The summed E-state index contributed by atoms with van der Waals surface area (Å²) < 4.78 is 20.6. The number of aromatic nitrogens is 3. The molecule has 0 radical (unpaired) electrons. The predicted molar refractivity (Wildman–Crippen MR) is 115 cm³/mol. The lowest BCUT2D eigenvalue weighted by Crippen LogP contribution is -2.36. The van der Waals surface area contributed by atoms with Crippen molar-refractivity contribution in [3.05, 3.63) is 51.3 Å². The zero-order chi connectivity index (χ0) is 20.7. The Morgan fingerprint density at radius 3 is 2.93 bits per heavy atom. The van der Waals surface area contributed by atoms with Gasteiger partial charge in [0.2, 0.25) is 0 Å². The van der Waals surface area contributed by atoms with Gasteiger partial charge in [0, 0.05) is 47.5 Å². The average Bonchev–Trinajstić information content (AvgIpc) is 3.17. The number of rotatable bonds is 4. The summed E-state index contributed by atoms with van der Waals surface area (Å²) in [6, 6.07) is 4.62. The number of hydrogen-bond donors (Lipinski definition) is 0. The van der Waals surface area contributed by atoms with Crippen molar-refractivity contribution in [2.45, 2.75) is 50.2 Å². The average molecular weight is 429 g/mol. The molecule has 0 bridgehead atoms. The van der Waals surface area contributed by atoms with Crippen LogP contribution in [0.3, 0.4) is 0 Å². The Kier molecular flexibility index (Phi) is 5.37. The third-order valence-electron chi connectivity index (χ3n) is 6.31. The second-order valence-electron chi connectivity index (χ2n) is 8.19. The molecule has 1 saturated heterocycles. The van der Waals surface area contributed by atoms with Crippen LogP contribution < -0.4 is 5.56 Å². The third-order valence-corrected chi connectivity index (χ3v) is 7.37. The highest BCUT2D eigenvalue weighted by Crippen LogP contribution is 2.32. The van der Waals surface area contributed by atoms with E-state index in [1.165, 1.54) is 12.1 Å². The van der Waals surface area contributed by atoms with Crippen LogP contribution in [0, 0.1) is 12.7 Å². The van der Waals surface area contributed by atoms with Crippen molar-refractivity contribution < 1.29 is 8.91 Å². The largest absolute Gasteiger partial charge is 0.356 e. The molecular formula is C22H25FN4O2S. The summed E-state index contributed by atoms with van der Waals surface area (Å²) in [6.07, 6.45) is 3.73. The molecule has 0 saturated carbocycles. The number of nitrogens with zero attached hydrogens (tertiary/aromatic N) is 4. The van der Waals surface area contributed by atoms with Crippen molar-refractivity contribution in [3.8, 4) is 0 Å². The number of hydrogen-bond acceptors (Lipinski definition) is 6. The molecule has 0 spiro atoms. The molecule has 0 atom stereocenters. The lowest BCUT2D eigenvalue weighted by molar-refractivity contribution is 0.211. The van der Waals surface area contributed by atoms with Crippen LogP contribution in [0.4, 0.5) is 4.39 Å². The fourth-order valence-electron chi connectivity index (χ4n) is 4.58. The normalized spacial score (nSPS) is 18.1. The molecule has 0 aliphatic carbocycles. The summed E-state index contributed by atoms with van der Waals surface area (Å²) in [5, 5.41) is 6.01. The third kappa shape index (κ3) is 3.67. The van der Waals surface area contributed by atoms with Gasteiger partial charge < -0.3 is 9.42 Å². The highest BCUT2D eigenvalue weighted by atomic mass is 32.2. The molecule has 0 N–H and O–H groups in total. The van der Waals surface area contributed by atoms with Crippen LogP contribution in [0.1, 0.15) is 42.1 Å².